The van der Waals surface area contributed by atoms with Crippen molar-refractivity contribution >= 4 is 15.7 Å². The molecule has 22 heavy (non-hydrogen) atoms. The van der Waals surface area contributed by atoms with Gasteiger partial charge in [0.15, 0.2) is 0 Å². The molecule has 0 radical (unpaired) electrons. The Kier molecular flexibility index (Phi) is 3.91. The minimum Gasteiger partial charge on any atom is -0.279 e. The van der Waals surface area contributed by atoms with Crippen molar-refractivity contribution < 1.29 is 12.8 Å². The highest BCUT2D eigenvalue weighted by atomic mass is 32.2. The first-order chi connectivity index (χ1) is 10.5. The summed E-state index contributed by atoms with van der Waals surface area (Å²) in [6.45, 7) is 1.74. The van der Waals surface area contributed by atoms with Gasteiger partial charge in [0, 0.05) is 0 Å². The van der Waals surface area contributed by atoms with Gasteiger partial charge in [-0.15, -0.1) is 0 Å². The Labute approximate surface area is 130 Å². The van der Waals surface area contributed by atoms with E-state index in [0.29, 0.717) is 5.56 Å². The second-order valence-corrected chi connectivity index (χ2v) is 7.38. The van der Waals surface area contributed by atoms with Gasteiger partial charge in [0.05, 0.1) is 10.6 Å². The summed E-state index contributed by atoms with van der Waals surface area (Å²) in [4.78, 5) is 0.233. The molecule has 0 aromatic heterocycles. The van der Waals surface area contributed by atoms with Crippen molar-refractivity contribution in [1.82, 2.24) is 0 Å². The lowest BCUT2D eigenvalue weighted by atomic mass is 9.92. The Morgan fingerprint density at radius 1 is 1.00 bits per heavy atom. The maximum Gasteiger partial charge on any atom is 0.261 e. The quantitative estimate of drug-likeness (QED) is 0.935. The normalized spacial score (nSPS) is 14.5. The Morgan fingerprint density at radius 2 is 1.73 bits per heavy atom. The van der Waals surface area contributed by atoms with Gasteiger partial charge in [0.1, 0.15) is 5.82 Å². The molecule has 1 aliphatic rings. The van der Waals surface area contributed by atoms with E-state index >= 15 is 0 Å². The molecule has 0 saturated carbocycles. The first kappa shape index (κ1) is 15.0. The predicted octanol–water partition coefficient (Wildman–Crippen LogP) is 3.81. The molecular formula is C17H18FNO2S. The van der Waals surface area contributed by atoms with Crippen LogP contribution < -0.4 is 4.72 Å². The number of sulfonamides is 1. The highest BCUT2D eigenvalue weighted by Crippen LogP contribution is 2.26. The van der Waals surface area contributed by atoms with Crippen LogP contribution in [0.2, 0.25) is 0 Å². The van der Waals surface area contributed by atoms with Crippen molar-refractivity contribution in [1.29, 1.82) is 0 Å². The Bertz CT molecular complexity index is 815. The van der Waals surface area contributed by atoms with Crippen molar-refractivity contribution in [2.75, 3.05) is 4.72 Å². The zero-order valence-electron chi connectivity index (χ0n) is 12.4. The van der Waals surface area contributed by atoms with Crippen LogP contribution in [-0.2, 0) is 22.9 Å². The second-order valence-electron chi connectivity index (χ2n) is 5.70. The van der Waals surface area contributed by atoms with Gasteiger partial charge < -0.3 is 0 Å². The number of fused-ring (bicyclic) bond motifs is 1. The molecule has 0 bridgehead atoms. The molecule has 0 unspecified atom stereocenters. The first-order valence-corrected chi connectivity index (χ1v) is 8.85. The zero-order chi connectivity index (χ0) is 15.7. The average Bonchev–Trinajstić information content (AvgIpc) is 2.50. The van der Waals surface area contributed by atoms with Crippen LogP contribution in [0.4, 0.5) is 10.1 Å². The Morgan fingerprint density at radius 3 is 2.50 bits per heavy atom. The molecule has 0 amide bonds. The number of halogens is 1. The number of hydrogen-bond acceptors (Lipinski definition) is 2. The minimum absolute atomic E-state index is 0.233. The van der Waals surface area contributed by atoms with E-state index in [2.05, 4.69) is 4.72 Å². The third-order valence-corrected chi connectivity index (χ3v) is 5.44. The summed E-state index contributed by atoms with van der Waals surface area (Å²) in [6.07, 6.45) is 4.16. The van der Waals surface area contributed by atoms with Crippen molar-refractivity contribution in [3.8, 4) is 0 Å². The van der Waals surface area contributed by atoms with Crippen LogP contribution in [0.15, 0.2) is 41.3 Å². The zero-order valence-corrected chi connectivity index (χ0v) is 13.2. The van der Waals surface area contributed by atoms with Crippen molar-refractivity contribution in [3.05, 3.63) is 58.9 Å². The molecule has 2 aromatic rings. The van der Waals surface area contributed by atoms with Gasteiger partial charge in [-0.05, 0) is 73.6 Å². The number of nitrogens with one attached hydrogen (secondary N) is 1. The molecule has 0 saturated heterocycles. The molecule has 5 heteroatoms. The fourth-order valence-electron chi connectivity index (χ4n) is 2.78. The van der Waals surface area contributed by atoms with E-state index < -0.39 is 15.8 Å². The van der Waals surface area contributed by atoms with Gasteiger partial charge in [-0.1, -0.05) is 12.1 Å². The van der Waals surface area contributed by atoms with E-state index in [-0.39, 0.29) is 10.6 Å². The summed E-state index contributed by atoms with van der Waals surface area (Å²) in [6, 6.07) is 9.32. The summed E-state index contributed by atoms with van der Waals surface area (Å²) in [7, 11) is -3.70. The molecule has 0 heterocycles. The van der Waals surface area contributed by atoms with E-state index in [4.69, 9.17) is 0 Å². The maximum atomic E-state index is 13.3. The third-order valence-electron chi connectivity index (χ3n) is 4.07. The number of anilines is 1. The van der Waals surface area contributed by atoms with E-state index in [1.807, 2.05) is 6.07 Å². The molecule has 116 valence electrons. The van der Waals surface area contributed by atoms with Crippen LogP contribution in [0.1, 0.15) is 29.5 Å². The minimum atomic E-state index is -3.70. The lowest BCUT2D eigenvalue weighted by Gasteiger charge is -2.17. The van der Waals surface area contributed by atoms with Crippen LogP contribution >= 0.6 is 0 Å². The van der Waals surface area contributed by atoms with Crippen molar-refractivity contribution in [3.63, 3.8) is 0 Å². The molecular weight excluding hydrogens is 301 g/mol. The van der Waals surface area contributed by atoms with Crippen molar-refractivity contribution in [2.24, 2.45) is 0 Å². The Balaban J connectivity index is 1.94. The molecule has 0 aliphatic heterocycles. The molecule has 1 aliphatic carbocycles. The van der Waals surface area contributed by atoms with Gasteiger partial charge in [0.25, 0.3) is 10.0 Å². The second kappa shape index (κ2) is 5.72. The number of benzene rings is 2. The maximum absolute atomic E-state index is 13.3. The van der Waals surface area contributed by atoms with Gasteiger partial charge in [-0.25, -0.2) is 12.8 Å². The summed E-state index contributed by atoms with van der Waals surface area (Å²) >= 11 is 0. The van der Waals surface area contributed by atoms with Gasteiger partial charge in [-0.3, -0.25) is 4.72 Å². The van der Waals surface area contributed by atoms with E-state index in [0.717, 1.165) is 31.2 Å². The molecule has 3 nitrogen and oxygen atoms in total. The van der Waals surface area contributed by atoms with Crippen LogP contribution in [0.25, 0.3) is 0 Å². The average molecular weight is 319 g/mol. The van der Waals surface area contributed by atoms with Gasteiger partial charge >= 0.3 is 0 Å². The van der Waals surface area contributed by atoms with Crippen LogP contribution in [0.3, 0.4) is 0 Å². The first-order valence-electron chi connectivity index (χ1n) is 7.36. The molecule has 0 spiro atoms. The molecule has 0 atom stereocenters. The smallest absolute Gasteiger partial charge is 0.261 e. The lowest BCUT2D eigenvalue weighted by Crippen LogP contribution is -2.15. The number of hydrogen-bond donors (Lipinski definition) is 1. The summed E-state index contributed by atoms with van der Waals surface area (Å²) in [5, 5.41) is 0. The number of aryl methyl sites for hydroxylation is 3. The Hall–Kier alpha value is -1.88. The van der Waals surface area contributed by atoms with E-state index in [1.165, 1.54) is 17.7 Å². The largest absolute Gasteiger partial charge is 0.279 e. The molecule has 2 aromatic carbocycles. The highest BCUT2D eigenvalue weighted by molar-refractivity contribution is 7.92. The fraction of sp³-hybridized carbons (Fsp3) is 0.294. The lowest BCUT2D eigenvalue weighted by molar-refractivity contribution is 0.600. The van der Waals surface area contributed by atoms with E-state index in [9.17, 15) is 12.8 Å². The third kappa shape index (κ3) is 2.99. The van der Waals surface area contributed by atoms with Crippen LogP contribution in [0.5, 0.6) is 0 Å². The summed E-state index contributed by atoms with van der Waals surface area (Å²) in [5.41, 5.74) is 3.29. The van der Waals surface area contributed by atoms with Crippen LogP contribution in [-0.4, -0.2) is 8.42 Å². The van der Waals surface area contributed by atoms with Crippen LogP contribution in [0, 0.1) is 12.7 Å². The summed E-state index contributed by atoms with van der Waals surface area (Å²) in [5.74, 6) is -0.464. The van der Waals surface area contributed by atoms with E-state index in [1.54, 1.807) is 25.1 Å². The molecule has 0 fully saturated rings. The predicted molar refractivity (Wildman–Crippen MR) is 85.0 cm³/mol. The highest BCUT2D eigenvalue weighted by Gasteiger charge is 2.18. The summed E-state index contributed by atoms with van der Waals surface area (Å²) < 4.78 is 40.8. The molecule has 1 N–H and O–H groups in total. The fourth-order valence-corrected chi connectivity index (χ4v) is 3.96. The van der Waals surface area contributed by atoms with Gasteiger partial charge in [0.2, 0.25) is 0 Å². The topological polar surface area (TPSA) is 46.2 Å². The van der Waals surface area contributed by atoms with Crippen molar-refractivity contribution in [2.45, 2.75) is 37.5 Å². The standard InChI is InChI=1S/C17H18FNO2S/c1-12-6-8-15(18)11-17(12)19-22(20,21)16-9-7-13-4-2-3-5-14(13)10-16/h6-11,19H,2-5H2,1H3. The monoisotopic (exact) mass is 319 g/mol. The van der Waals surface area contributed by atoms with Gasteiger partial charge in [-0.2, -0.15) is 0 Å². The molecule has 3 rings (SSSR count). The number of rotatable bonds is 3. The SMILES string of the molecule is Cc1ccc(F)cc1NS(=O)(=O)c1ccc2c(c1)CCCC2.